The third-order valence-electron chi connectivity index (χ3n) is 1.62. The van der Waals surface area contributed by atoms with E-state index < -0.39 is 0 Å². The summed E-state index contributed by atoms with van der Waals surface area (Å²) in [4.78, 5) is 0. The molecule has 4 nitrogen and oxygen atoms in total. The Morgan fingerprint density at radius 1 is 0.875 bits per heavy atom. The topological polar surface area (TPSA) is 58.9 Å². The van der Waals surface area contributed by atoms with Gasteiger partial charge < -0.3 is 19.7 Å². The molecule has 0 unspecified atom stereocenters. The standard InChI is InChI=1S/C8H18O.C4H10O3/c1-7(2)5-6-9-8(3)4;5-1-3-7-4-2-6/h7-8H,5-6H2,1-4H3;5-6H,1-4H2. The van der Waals surface area contributed by atoms with Gasteiger partial charge in [0.2, 0.25) is 0 Å². The summed E-state index contributed by atoms with van der Waals surface area (Å²) < 4.78 is 9.98. The van der Waals surface area contributed by atoms with Crippen LogP contribution in [-0.4, -0.2) is 49.4 Å². The molecule has 0 rings (SSSR count). The van der Waals surface area contributed by atoms with Gasteiger partial charge in [0.25, 0.3) is 0 Å². The Morgan fingerprint density at radius 3 is 1.69 bits per heavy atom. The summed E-state index contributed by atoms with van der Waals surface area (Å²) >= 11 is 0. The molecule has 0 aromatic carbocycles. The van der Waals surface area contributed by atoms with Crippen LogP contribution in [-0.2, 0) is 9.47 Å². The first-order chi connectivity index (χ1) is 7.54. The highest BCUT2D eigenvalue weighted by Gasteiger charge is 1.95. The number of aliphatic hydroxyl groups is 2. The van der Waals surface area contributed by atoms with Gasteiger partial charge in [-0.05, 0) is 26.2 Å². The minimum atomic E-state index is 0.0278. The van der Waals surface area contributed by atoms with Gasteiger partial charge in [0.1, 0.15) is 0 Å². The summed E-state index contributed by atoms with van der Waals surface area (Å²) in [5.74, 6) is 0.767. The molecule has 0 aliphatic rings. The molecule has 0 aromatic heterocycles. The van der Waals surface area contributed by atoms with Crippen molar-refractivity contribution in [2.75, 3.05) is 33.0 Å². The molecule has 0 atom stereocenters. The van der Waals surface area contributed by atoms with Crippen LogP contribution in [0, 0.1) is 5.92 Å². The van der Waals surface area contributed by atoms with Gasteiger partial charge in [-0.3, -0.25) is 0 Å². The number of hydrogen-bond acceptors (Lipinski definition) is 4. The Bertz CT molecular complexity index is 104. The first-order valence-corrected chi connectivity index (χ1v) is 5.95. The van der Waals surface area contributed by atoms with Crippen molar-refractivity contribution in [2.24, 2.45) is 5.92 Å². The average molecular weight is 236 g/mol. The van der Waals surface area contributed by atoms with E-state index in [-0.39, 0.29) is 13.2 Å². The Morgan fingerprint density at radius 2 is 1.38 bits per heavy atom. The number of ether oxygens (including phenoxy) is 2. The third-order valence-corrected chi connectivity index (χ3v) is 1.62. The van der Waals surface area contributed by atoms with Gasteiger partial charge in [0.05, 0.1) is 32.5 Å². The van der Waals surface area contributed by atoms with E-state index in [2.05, 4.69) is 32.4 Å². The molecule has 0 heterocycles. The molecule has 2 N–H and O–H groups in total. The van der Waals surface area contributed by atoms with Crippen LogP contribution in [0.2, 0.25) is 0 Å². The van der Waals surface area contributed by atoms with E-state index in [4.69, 9.17) is 14.9 Å². The number of rotatable bonds is 8. The number of hydrogen-bond donors (Lipinski definition) is 2. The Labute approximate surface area is 99.6 Å². The SMILES string of the molecule is CC(C)CCOC(C)C.OCCOCCO. The minimum absolute atomic E-state index is 0.0278. The summed E-state index contributed by atoms with van der Waals surface area (Å²) in [7, 11) is 0. The maximum Gasteiger partial charge on any atom is 0.0698 e. The van der Waals surface area contributed by atoms with E-state index in [0.29, 0.717) is 19.3 Å². The van der Waals surface area contributed by atoms with E-state index in [1.165, 1.54) is 6.42 Å². The lowest BCUT2D eigenvalue weighted by Crippen LogP contribution is -2.05. The van der Waals surface area contributed by atoms with Gasteiger partial charge in [-0.25, -0.2) is 0 Å². The van der Waals surface area contributed by atoms with Gasteiger partial charge >= 0.3 is 0 Å². The molecule has 0 saturated heterocycles. The van der Waals surface area contributed by atoms with Gasteiger partial charge in [0, 0.05) is 6.61 Å². The Kier molecular flexibility index (Phi) is 16.9. The van der Waals surface area contributed by atoms with Crippen LogP contribution in [0.15, 0.2) is 0 Å². The molecule has 0 aliphatic carbocycles. The van der Waals surface area contributed by atoms with Crippen molar-refractivity contribution in [3.8, 4) is 0 Å². The lowest BCUT2D eigenvalue weighted by Gasteiger charge is -2.08. The molecular formula is C12H28O4. The predicted octanol–water partition coefficient (Wildman–Crippen LogP) is 1.45. The quantitative estimate of drug-likeness (QED) is 0.626. The van der Waals surface area contributed by atoms with Crippen molar-refractivity contribution in [1.82, 2.24) is 0 Å². The minimum Gasteiger partial charge on any atom is -0.394 e. The highest BCUT2D eigenvalue weighted by molar-refractivity contribution is 4.44. The van der Waals surface area contributed by atoms with Gasteiger partial charge in [0.15, 0.2) is 0 Å². The molecule has 16 heavy (non-hydrogen) atoms. The number of aliphatic hydroxyl groups excluding tert-OH is 2. The second-order valence-electron chi connectivity index (χ2n) is 4.16. The fourth-order valence-corrected chi connectivity index (χ4v) is 0.771. The van der Waals surface area contributed by atoms with Crippen LogP contribution in [0.5, 0.6) is 0 Å². The van der Waals surface area contributed by atoms with Crippen LogP contribution in [0.25, 0.3) is 0 Å². The van der Waals surface area contributed by atoms with Crippen LogP contribution in [0.4, 0.5) is 0 Å². The van der Waals surface area contributed by atoms with Crippen molar-refractivity contribution in [3.05, 3.63) is 0 Å². The highest BCUT2D eigenvalue weighted by atomic mass is 16.5. The average Bonchev–Trinajstić information content (AvgIpc) is 2.18. The zero-order valence-electron chi connectivity index (χ0n) is 11.1. The molecular weight excluding hydrogens is 208 g/mol. The van der Waals surface area contributed by atoms with Crippen molar-refractivity contribution >= 4 is 0 Å². The fourth-order valence-electron chi connectivity index (χ4n) is 0.771. The normalized spacial score (nSPS) is 10.5. The summed E-state index contributed by atoms with van der Waals surface area (Å²) in [6, 6.07) is 0. The second-order valence-corrected chi connectivity index (χ2v) is 4.16. The van der Waals surface area contributed by atoms with Crippen LogP contribution in [0.1, 0.15) is 34.1 Å². The van der Waals surface area contributed by atoms with E-state index >= 15 is 0 Å². The molecule has 0 amide bonds. The maximum absolute atomic E-state index is 8.09. The smallest absolute Gasteiger partial charge is 0.0698 e. The van der Waals surface area contributed by atoms with Crippen LogP contribution < -0.4 is 0 Å². The molecule has 0 aliphatic heterocycles. The molecule has 0 aromatic rings. The largest absolute Gasteiger partial charge is 0.394 e. The molecule has 0 radical (unpaired) electrons. The molecule has 4 heteroatoms. The van der Waals surface area contributed by atoms with Crippen LogP contribution >= 0.6 is 0 Å². The summed E-state index contributed by atoms with van der Waals surface area (Å²) in [6.07, 6.45) is 1.57. The highest BCUT2D eigenvalue weighted by Crippen LogP contribution is 2.00. The van der Waals surface area contributed by atoms with E-state index in [1.807, 2.05) is 0 Å². The molecule has 100 valence electrons. The summed E-state index contributed by atoms with van der Waals surface area (Å²) in [6.45, 7) is 10.2. The zero-order chi connectivity index (χ0) is 12.8. The van der Waals surface area contributed by atoms with Gasteiger partial charge in [-0.2, -0.15) is 0 Å². The van der Waals surface area contributed by atoms with Gasteiger partial charge in [-0.15, -0.1) is 0 Å². The maximum atomic E-state index is 8.09. The van der Waals surface area contributed by atoms with Crippen LogP contribution in [0.3, 0.4) is 0 Å². The monoisotopic (exact) mass is 236 g/mol. The molecule has 0 spiro atoms. The van der Waals surface area contributed by atoms with Crippen molar-refractivity contribution in [2.45, 2.75) is 40.2 Å². The predicted molar refractivity (Wildman–Crippen MR) is 65.5 cm³/mol. The summed E-state index contributed by atoms with van der Waals surface area (Å²) in [5, 5.41) is 16.2. The first-order valence-electron chi connectivity index (χ1n) is 5.95. The Hall–Kier alpha value is -0.160. The first kappa shape index (κ1) is 18.2. The molecule has 0 saturated carbocycles. The van der Waals surface area contributed by atoms with E-state index in [1.54, 1.807) is 0 Å². The van der Waals surface area contributed by atoms with Crippen molar-refractivity contribution < 1.29 is 19.7 Å². The third kappa shape index (κ3) is 23.6. The lowest BCUT2D eigenvalue weighted by atomic mass is 10.1. The Balaban J connectivity index is 0. The second kappa shape index (κ2) is 14.8. The molecule has 0 bridgehead atoms. The van der Waals surface area contributed by atoms with Gasteiger partial charge in [-0.1, -0.05) is 13.8 Å². The van der Waals surface area contributed by atoms with E-state index in [9.17, 15) is 0 Å². The van der Waals surface area contributed by atoms with E-state index in [0.717, 1.165) is 12.5 Å². The van der Waals surface area contributed by atoms with Crippen molar-refractivity contribution in [3.63, 3.8) is 0 Å². The molecule has 0 fully saturated rings. The van der Waals surface area contributed by atoms with Crippen molar-refractivity contribution in [1.29, 1.82) is 0 Å². The zero-order valence-corrected chi connectivity index (χ0v) is 11.1. The lowest BCUT2D eigenvalue weighted by molar-refractivity contribution is 0.0650. The fraction of sp³-hybridized carbons (Fsp3) is 1.00. The summed E-state index contributed by atoms with van der Waals surface area (Å²) in [5.41, 5.74) is 0.